The summed E-state index contributed by atoms with van der Waals surface area (Å²) in [4.78, 5) is 14.9. The third kappa shape index (κ3) is 6.42. The lowest BCUT2D eigenvalue weighted by Crippen LogP contribution is -2.34. The smallest absolute Gasteiger partial charge is 0.257 e. The SMILES string of the molecule is CCOc1ccc(C(=O)NC(=S)Nc2ccc(CN3CCCCC3)cc2)cc1Cl. The van der Waals surface area contributed by atoms with Crippen molar-refractivity contribution in [2.45, 2.75) is 32.7 Å². The minimum atomic E-state index is -0.325. The summed E-state index contributed by atoms with van der Waals surface area (Å²) in [6, 6.07) is 13.0. The molecule has 0 spiro atoms. The predicted octanol–water partition coefficient (Wildman–Crippen LogP) is 4.85. The molecule has 2 N–H and O–H groups in total. The number of carbonyl (C=O) groups excluding carboxylic acids is 1. The van der Waals surface area contributed by atoms with E-state index >= 15 is 0 Å². The standard InChI is InChI=1S/C22H26ClN3O2S/c1-2-28-20-11-8-17(14-19(20)23)21(27)25-22(29)24-18-9-6-16(7-10-18)15-26-12-4-3-5-13-26/h6-11,14H,2-5,12-13,15H2,1H3,(H2,24,25,27,29). The van der Waals surface area contributed by atoms with Gasteiger partial charge in [-0.05, 0) is 81.0 Å². The van der Waals surface area contributed by atoms with Gasteiger partial charge in [0.15, 0.2) is 5.11 Å². The zero-order chi connectivity index (χ0) is 20.6. The van der Waals surface area contributed by atoms with E-state index in [2.05, 4.69) is 27.7 Å². The summed E-state index contributed by atoms with van der Waals surface area (Å²) < 4.78 is 5.38. The Bertz CT molecular complexity index is 852. The second-order valence-corrected chi connectivity index (χ2v) is 7.84. The highest BCUT2D eigenvalue weighted by atomic mass is 35.5. The number of hydrogen-bond donors (Lipinski definition) is 2. The van der Waals surface area contributed by atoms with Gasteiger partial charge in [-0.15, -0.1) is 0 Å². The van der Waals surface area contributed by atoms with E-state index in [9.17, 15) is 4.79 Å². The molecule has 1 fully saturated rings. The van der Waals surface area contributed by atoms with Crippen molar-refractivity contribution in [3.05, 3.63) is 58.6 Å². The first kappa shape index (κ1) is 21.6. The molecule has 2 aromatic carbocycles. The summed E-state index contributed by atoms with van der Waals surface area (Å²) >= 11 is 11.4. The lowest BCUT2D eigenvalue weighted by molar-refractivity contribution is 0.0977. The third-order valence-corrected chi connectivity index (χ3v) is 5.29. The third-order valence-electron chi connectivity index (χ3n) is 4.79. The molecule has 0 aliphatic carbocycles. The highest BCUT2D eigenvalue weighted by Gasteiger charge is 2.12. The molecule has 29 heavy (non-hydrogen) atoms. The fourth-order valence-corrected chi connectivity index (χ4v) is 3.77. The number of ether oxygens (including phenoxy) is 1. The number of piperidine rings is 1. The second kappa shape index (κ2) is 10.6. The Morgan fingerprint density at radius 1 is 1.14 bits per heavy atom. The molecule has 0 bridgehead atoms. The number of amides is 1. The van der Waals surface area contributed by atoms with Gasteiger partial charge in [-0.3, -0.25) is 15.0 Å². The summed E-state index contributed by atoms with van der Waals surface area (Å²) in [5.74, 6) is 0.227. The fraction of sp³-hybridized carbons (Fsp3) is 0.364. The van der Waals surface area contributed by atoms with E-state index in [-0.39, 0.29) is 11.0 Å². The Kier molecular flexibility index (Phi) is 7.86. The lowest BCUT2D eigenvalue weighted by atomic mass is 10.1. The van der Waals surface area contributed by atoms with Crippen LogP contribution >= 0.6 is 23.8 Å². The molecular weight excluding hydrogens is 406 g/mol. The van der Waals surface area contributed by atoms with Crippen LogP contribution < -0.4 is 15.4 Å². The Balaban J connectivity index is 1.52. The van der Waals surface area contributed by atoms with Crippen molar-refractivity contribution in [3.8, 4) is 5.75 Å². The normalized spacial score (nSPS) is 14.3. The molecule has 1 amide bonds. The molecule has 154 valence electrons. The van der Waals surface area contributed by atoms with Crippen LogP contribution in [0.3, 0.4) is 0 Å². The number of thiocarbonyl (C=S) groups is 1. The van der Waals surface area contributed by atoms with Crippen molar-refractivity contribution in [3.63, 3.8) is 0 Å². The molecule has 2 aromatic rings. The van der Waals surface area contributed by atoms with Crippen molar-refractivity contribution in [1.29, 1.82) is 0 Å². The van der Waals surface area contributed by atoms with Crippen LogP contribution in [0.2, 0.25) is 5.02 Å². The van der Waals surface area contributed by atoms with Crippen molar-refractivity contribution >= 4 is 40.5 Å². The average Bonchev–Trinajstić information content (AvgIpc) is 2.72. The van der Waals surface area contributed by atoms with Crippen molar-refractivity contribution in [2.75, 3.05) is 25.0 Å². The van der Waals surface area contributed by atoms with E-state index in [1.54, 1.807) is 18.2 Å². The van der Waals surface area contributed by atoms with Crippen LogP contribution in [0.1, 0.15) is 42.1 Å². The number of likely N-dealkylation sites (tertiary alicyclic amines) is 1. The summed E-state index contributed by atoms with van der Waals surface area (Å²) in [7, 11) is 0. The largest absolute Gasteiger partial charge is 0.492 e. The Labute approximate surface area is 182 Å². The first-order valence-electron chi connectivity index (χ1n) is 9.91. The molecule has 0 radical (unpaired) electrons. The van der Waals surface area contributed by atoms with Gasteiger partial charge in [0.25, 0.3) is 5.91 Å². The minimum absolute atomic E-state index is 0.240. The Morgan fingerprint density at radius 3 is 2.52 bits per heavy atom. The first-order valence-corrected chi connectivity index (χ1v) is 10.7. The van der Waals surface area contributed by atoms with E-state index in [0.29, 0.717) is 22.9 Å². The van der Waals surface area contributed by atoms with E-state index < -0.39 is 0 Å². The van der Waals surface area contributed by atoms with Crippen LogP contribution in [0.15, 0.2) is 42.5 Å². The predicted molar refractivity (Wildman–Crippen MR) is 122 cm³/mol. The number of anilines is 1. The zero-order valence-corrected chi connectivity index (χ0v) is 18.1. The molecule has 0 unspecified atom stereocenters. The maximum absolute atomic E-state index is 12.4. The number of hydrogen-bond acceptors (Lipinski definition) is 4. The molecule has 1 saturated heterocycles. The van der Waals surface area contributed by atoms with E-state index in [1.807, 2.05) is 19.1 Å². The average molecular weight is 432 g/mol. The van der Waals surface area contributed by atoms with Gasteiger partial charge < -0.3 is 10.1 Å². The molecule has 5 nitrogen and oxygen atoms in total. The van der Waals surface area contributed by atoms with Gasteiger partial charge in [0, 0.05) is 17.8 Å². The Morgan fingerprint density at radius 2 is 1.86 bits per heavy atom. The van der Waals surface area contributed by atoms with Crippen LogP contribution in [-0.4, -0.2) is 35.6 Å². The number of rotatable bonds is 6. The van der Waals surface area contributed by atoms with Crippen LogP contribution in [0.4, 0.5) is 5.69 Å². The lowest BCUT2D eigenvalue weighted by Gasteiger charge is -2.26. The van der Waals surface area contributed by atoms with Crippen LogP contribution in [-0.2, 0) is 6.54 Å². The first-order chi connectivity index (χ1) is 14.0. The van der Waals surface area contributed by atoms with E-state index in [0.717, 1.165) is 12.2 Å². The topological polar surface area (TPSA) is 53.6 Å². The van der Waals surface area contributed by atoms with Crippen molar-refractivity contribution in [1.82, 2.24) is 10.2 Å². The molecule has 1 aliphatic heterocycles. The summed E-state index contributed by atoms with van der Waals surface area (Å²) in [5.41, 5.74) is 2.53. The maximum atomic E-state index is 12.4. The van der Waals surface area contributed by atoms with Gasteiger partial charge in [0.2, 0.25) is 0 Å². The summed E-state index contributed by atoms with van der Waals surface area (Å²) in [6.45, 7) is 5.70. The van der Waals surface area contributed by atoms with Gasteiger partial charge in [-0.25, -0.2) is 0 Å². The van der Waals surface area contributed by atoms with Crippen LogP contribution in [0.25, 0.3) is 0 Å². The molecule has 1 aliphatic rings. The summed E-state index contributed by atoms with van der Waals surface area (Å²) in [6.07, 6.45) is 3.91. The van der Waals surface area contributed by atoms with Crippen molar-refractivity contribution < 1.29 is 9.53 Å². The molecule has 7 heteroatoms. The van der Waals surface area contributed by atoms with Crippen LogP contribution in [0, 0.1) is 0 Å². The molecule has 3 rings (SSSR count). The minimum Gasteiger partial charge on any atom is -0.492 e. The van der Waals surface area contributed by atoms with Crippen molar-refractivity contribution in [2.24, 2.45) is 0 Å². The molecule has 0 aromatic heterocycles. The monoisotopic (exact) mass is 431 g/mol. The molecule has 0 saturated carbocycles. The maximum Gasteiger partial charge on any atom is 0.257 e. The van der Waals surface area contributed by atoms with E-state index in [1.165, 1.54) is 37.9 Å². The van der Waals surface area contributed by atoms with E-state index in [4.69, 9.17) is 28.6 Å². The molecule has 1 heterocycles. The van der Waals surface area contributed by atoms with Gasteiger partial charge in [-0.2, -0.15) is 0 Å². The highest BCUT2D eigenvalue weighted by molar-refractivity contribution is 7.80. The number of benzene rings is 2. The number of halogens is 1. The van der Waals surface area contributed by atoms with Crippen LogP contribution in [0.5, 0.6) is 5.75 Å². The number of nitrogens with one attached hydrogen (secondary N) is 2. The molecule has 0 atom stereocenters. The van der Waals surface area contributed by atoms with Gasteiger partial charge in [0.05, 0.1) is 11.6 Å². The molecular formula is C22H26ClN3O2S. The van der Waals surface area contributed by atoms with Gasteiger partial charge in [-0.1, -0.05) is 30.2 Å². The number of carbonyl (C=O) groups is 1. The summed E-state index contributed by atoms with van der Waals surface area (Å²) in [5, 5.41) is 6.36. The van der Waals surface area contributed by atoms with Gasteiger partial charge >= 0.3 is 0 Å². The second-order valence-electron chi connectivity index (χ2n) is 7.02. The fourth-order valence-electron chi connectivity index (χ4n) is 3.32. The zero-order valence-electron chi connectivity index (χ0n) is 16.5. The van der Waals surface area contributed by atoms with Gasteiger partial charge in [0.1, 0.15) is 5.75 Å². The Hall–Kier alpha value is -2.15. The quantitative estimate of drug-likeness (QED) is 0.640. The number of nitrogens with zero attached hydrogens (tertiary/aromatic N) is 1. The highest BCUT2D eigenvalue weighted by Crippen LogP contribution is 2.25.